The number of rotatable bonds is 7. The molecule has 25 heavy (non-hydrogen) atoms. The van der Waals surface area contributed by atoms with Crippen LogP contribution in [0.25, 0.3) is 0 Å². The molecule has 2 rings (SSSR count). The molecule has 5 heteroatoms. The minimum Gasteiger partial charge on any atom is -0.452 e. The number of carbonyl (C=O) groups is 2. The smallest absolute Gasteiger partial charge is 0.338 e. The lowest BCUT2D eigenvalue weighted by molar-refractivity contribution is -0.125. The lowest BCUT2D eigenvalue weighted by Crippen LogP contribution is -2.32. The number of aryl methyl sites for hydroxylation is 1. The van der Waals surface area contributed by atoms with Crippen LogP contribution in [-0.4, -0.2) is 18.5 Å². The zero-order valence-electron chi connectivity index (χ0n) is 14.4. The van der Waals surface area contributed by atoms with Gasteiger partial charge in [0.15, 0.2) is 6.61 Å². The molecule has 1 amide bonds. The van der Waals surface area contributed by atoms with E-state index in [4.69, 9.17) is 4.74 Å². The van der Waals surface area contributed by atoms with E-state index in [1.807, 2.05) is 50.2 Å². The molecular weight excluding hydrogens is 382 g/mol. The topological polar surface area (TPSA) is 55.4 Å². The van der Waals surface area contributed by atoms with Crippen molar-refractivity contribution in [3.63, 3.8) is 0 Å². The molecule has 0 saturated carbocycles. The summed E-state index contributed by atoms with van der Waals surface area (Å²) in [7, 11) is 0. The molecule has 132 valence electrons. The van der Waals surface area contributed by atoms with E-state index < -0.39 is 5.97 Å². The van der Waals surface area contributed by atoms with E-state index in [9.17, 15) is 9.59 Å². The summed E-state index contributed by atoms with van der Waals surface area (Å²) in [5.41, 5.74) is 2.61. The zero-order chi connectivity index (χ0) is 18.2. The largest absolute Gasteiger partial charge is 0.452 e. The quantitative estimate of drug-likeness (QED) is 0.695. The second-order valence-corrected chi connectivity index (χ2v) is 6.62. The number of esters is 1. The molecule has 0 unspecified atom stereocenters. The van der Waals surface area contributed by atoms with Crippen LogP contribution >= 0.6 is 15.9 Å². The highest BCUT2D eigenvalue weighted by Crippen LogP contribution is 2.19. The van der Waals surface area contributed by atoms with Gasteiger partial charge in [0.05, 0.1) is 11.6 Å². The number of benzene rings is 2. The highest BCUT2D eigenvalue weighted by atomic mass is 79.9. The molecule has 0 spiro atoms. The van der Waals surface area contributed by atoms with Crippen molar-refractivity contribution in [3.8, 4) is 0 Å². The van der Waals surface area contributed by atoms with Gasteiger partial charge in [-0.25, -0.2) is 4.79 Å². The summed E-state index contributed by atoms with van der Waals surface area (Å²) < 4.78 is 6.09. The SMILES string of the molecule is CCc1ccc(C(=O)OCC(=O)N[C@@H](CC)c2ccc(Br)cc2)cc1. The summed E-state index contributed by atoms with van der Waals surface area (Å²) in [6.45, 7) is 3.75. The Hall–Kier alpha value is -2.14. The molecule has 2 aromatic carbocycles. The Kier molecular flexibility index (Phi) is 7.19. The third kappa shape index (κ3) is 5.71. The van der Waals surface area contributed by atoms with Gasteiger partial charge in [-0.3, -0.25) is 4.79 Å². The summed E-state index contributed by atoms with van der Waals surface area (Å²) in [6, 6.07) is 14.9. The highest BCUT2D eigenvalue weighted by Gasteiger charge is 2.15. The molecule has 0 aromatic heterocycles. The average Bonchev–Trinajstić information content (AvgIpc) is 2.65. The van der Waals surface area contributed by atoms with Gasteiger partial charge in [-0.1, -0.05) is 54.0 Å². The second-order valence-electron chi connectivity index (χ2n) is 5.71. The number of hydrogen-bond acceptors (Lipinski definition) is 3. The van der Waals surface area contributed by atoms with Crippen molar-refractivity contribution in [3.05, 3.63) is 69.7 Å². The van der Waals surface area contributed by atoms with E-state index >= 15 is 0 Å². The summed E-state index contributed by atoms with van der Waals surface area (Å²) >= 11 is 3.39. The second kappa shape index (κ2) is 9.37. The van der Waals surface area contributed by atoms with E-state index in [0.29, 0.717) is 5.56 Å². The number of hydrogen-bond donors (Lipinski definition) is 1. The van der Waals surface area contributed by atoms with Crippen molar-refractivity contribution in [2.24, 2.45) is 0 Å². The molecule has 0 aliphatic heterocycles. The van der Waals surface area contributed by atoms with Crippen LogP contribution in [0.1, 0.15) is 47.8 Å². The van der Waals surface area contributed by atoms with Gasteiger partial charge in [0, 0.05) is 4.47 Å². The first kappa shape index (κ1) is 19.2. The van der Waals surface area contributed by atoms with Gasteiger partial charge in [-0.2, -0.15) is 0 Å². The van der Waals surface area contributed by atoms with Crippen LogP contribution in [0.15, 0.2) is 53.0 Å². The minimum absolute atomic E-state index is 0.108. The van der Waals surface area contributed by atoms with Crippen LogP contribution in [-0.2, 0) is 16.0 Å². The lowest BCUT2D eigenvalue weighted by atomic mass is 10.0. The summed E-state index contributed by atoms with van der Waals surface area (Å²) in [6.07, 6.45) is 1.66. The van der Waals surface area contributed by atoms with Crippen LogP contribution in [0, 0.1) is 0 Å². The predicted octanol–water partition coefficient (Wildman–Crippen LogP) is 4.44. The molecule has 1 atom stereocenters. The molecule has 0 heterocycles. The van der Waals surface area contributed by atoms with E-state index in [1.165, 1.54) is 0 Å². The fraction of sp³-hybridized carbons (Fsp3) is 0.300. The Bertz CT molecular complexity index is 711. The van der Waals surface area contributed by atoms with Crippen LogP contribution in [0.2, 0.25) is 0 Å². The Morgan fingerprint density at radius 1 is 1.04 bits per heavy atom. The van der Waals surface area contributed by atoms with Crippen molar-refractivity contribution < 1.29 is 14.3 Å². The van der Waals surface area contributed by atoms with Gasteiger partial charge in [0.1, 0.15) is 0 Å². The van der Waals surface area contributed by atoms with Gasteiger partial charge in [0.25, 0.3) is 5.91 Å². The number of halogens is 1. The third-order valence-corrected chi connectivity index (χ3v) is 4.48. The van der Waals surface area contributed by atoms with Crippen LogP contribution in [0.5, 0.6) is 0 Å². The molecule has 0 saturated heterocycles. The van der Waals surface area contributed by atoms with Crippen molar-refractivity contribution in [2.45, 2.75) is 32.7 Å². The average molecular weight is 404 g/mol. The number of nitrogens with one attached hydrogen (secondary N) is 1. The Labute approximate surface area is 156 Å². The molecule has 4 nitrogen and oxygen atoms in total. The van der Waals surface area contributed by atoms with E-state index in [2.05, 4.69) is 21.2 Å². The molecule has 2 aromatic rings. The number of carbonyl (C=O) groups excluding carboxylic acids is 2. The predicted molar refractivity (Wildman–Crippen MR) is 101 cm³/mol. The van der Waals surface area contributed by atoms with Gasteiger partial charge >= 0.3 is 5.97 Å². The molecule has 0 fully saturated rings. The molecule has 0 radical (unpaired) electrons. The number of amides is 1. The molecule has 0 aliphatic rings. The fourth-order valence-electron chi connectivity index (χ4n) is 2.44. The number of ether oxygens (including phenoxy) is 1. The van der Waals surface area contributed by atoms with E-state index in [-0.39, 0.29) is 18.6 Å². The highest BCUT2D eigenvalue weighted by molar-refractivity contribution is 9.10. The standard InChI is InChI=1S/C20H22BrNO3/c1-3-14-5-7-16(8-6-14)20(24)25-13-19(23)22-18(4-2)15-9-11-17(21)12-10-15/h5-12,18H,3-4,13H2,1-2H3,(H,22,23)/t18-/m0/s1. The maximum absolute atomic E-state index is 12.1. The Morgan fingerprint density at radius 3 is 2.24 bits per heavy atom. The molecular formula is C20H22BrNO3. The van der Waals surface area contributed by atoms with Crippen molar-refractivity contribution in [1.29, 1.82) is 0 Å². The summed E-state index contributed by atoms with van der Waals surface area (Å²) in [5, 5.41) is 2.90. The fourth-order valence-corrected chi connectivity index (χ4v) is 2.71. The Morgan fingerprint density at radius 2 is 1.68 bits per heavy atom. The first-order valence-corrected chi connectivity index (χ1v) is 9.13. The van der Waals surface area contributed by atoms with E-state index in [0.717, 1.165) is 28.4 Å². The maximum atomic E-state index is 12.1. The van der Waals surface area contributed by atoms with Crippen LogP contribution in [0.4, 0.5) is 0 Å². The molecule has 0 bridgehead atoms. The monoisotopic (exact) mass is 403 g/mol. The zero-order valence-corrected chi connectivity index (χ0v) is 16.0. The maximum Gasteiger partial charge on any atom is 0.338 e. The first-order valence-electron chi connectivity index (χ1n) is 8.34. The lowest BCUT2D eigenvalue weighted by Gasteiger charge is -2.17. The van der Waals surface area contributed by atoms with Crippen molar-refractivity contribution >= 4 is 27.8 Å². The Balaban J connectivity index is 1.88. The van der Waals surface area contributed by atoms with Gasteiger partial charge in [0.2, 0.25) is 0 Å². The normalized spacial score (nSPS) is 11.6. The third-order valence-electron chi connectivity index (χ3n) is 3.95. The van der Waals surface area contributed by atoms with Crippen LogP contribution in [0.3, 0.4) is 0 Å². The van der Waals surface area contributed by atoms with Gasteiger partial charge in [-0.15, -0.1) is 0 Å². The van der Waals surface area contributed by atoms with Crippen molar-refractivity contribution in [1.82, 2.24) is 5.32 Å². The van der Waals surface area contributed by atoms with Crippen LogP contribution < -0.4 is 5.32 Å². The minimum atomic E-state index is -0.491. The summed E-state index contributed by atoms with van der Waals surface area (Å²) in [5.74, 6) is -0.803. The molecule has 0 aliphatic carbocycles. The van der Waals surface area contributed by atoms with Crippen molar-refractivity contribution in [2.75, 3.05) is 6.61 Å². The van der Waals surface area contributed by atoms with E-state index in [1.54, 1.807) is 12.1 Å². The van der Waals surface area contributed by atoms with Gasteiger partial charge in [-0.05, 0) is 48.2 Å². The first-order chi connectivity index (χ1) is 12.0. The van der Waals surface area contributed by atoms with Gasteiger partial charge < -0.3 is 10.1 Å². The molecule has 1 N–H and O–H groups in total. The summed E-state index contributed by atoms with van der Waals surface area (Å²) in [4.78, 5) is 24.1.